The lowest BCUT2D eigenvalue weighted by Gasteiger charge is -2.15. The van der Waals surface area contributed by atoms with Gasteiger partial charge in [-0.05, 0) is 30.2 Å². The van der Waals surface area contributed by atoms with E-state index in [9.17, 15) is 9.65 Å². The molecule has 2 aromatic carbocycles. The molecule has 0 amide bonds. The molecule has 0 fully saturated rings. The highest BCUT2D eigenvalue weighted by atomic mass is 19.1. The summed E-state index contributed by atoms with van der Waals surface area (Å²) in [6.07, 6.45) is 0. The summed E-state index contributed by atoms with van der Waals surface area (Å²) in [6.45, 7) is 1.88. The zero-order chi connectivity index (χ0) is 13.0. The molecule has 2 rings (SSSR count). The Morgan fingerprint density at radius 2 is 1.89 bits per heavy atom. The molecule has 2 nitrogen and oxygen atoms in total. The van der Waals surface area contributed by atoms with Gasteiger partial charge in [0.15, 0.2) is 0 Å². The fourth-order valence-electron chi connectivity index (χ4n) is 1.74. The molecule has 0 aromatic heterocycles. The maximum atomic E-state index is 13.2. The highest BCUT2D eigenvalue weighted by Gasteiger charge is 2.11. The number of rotatable bonds is 3. The predicted molar refractivity (Wildman–Crippen MR) is 69.6 cm³/mol. The van der Waals surface area contributed by atoms with E-state index in [2.05, 4.69) is 11.4 Å². The van der Waals surface area contributed by atoms with Gasteiger partial charge in [-0.2, -0.15) is 5.26 Å². The van der Waals surface area contributed by atoms with Crippen molar-refractivity contribution in [2.24, 2.45) is 0 Å². The first-order valence-corrected chi connectivity index (χ1v) is 5.68. The fourth-order valence-corrected chi connectivity index (χ4v) is 1.74. The summed E-state index contributed by atoms with van der Waals surface area (Å²) in [5, 5.41) is 12.2. The van der Waals surface area contributed by atoms with E-state index in [0.29, 0.717) is 5.69 Å². The molecule has 0 aliphatic carbocycles. The molecule has 1 N–H and O–H groups in total. The fraction of sp³-hybridized carbons (Fsp3) is 0.133. The first kappa shape index (κ1) is 12.1. The van der Waals surface area contributed by atoms with E-state index in [1.165, 1.54) is 12.1 Å². The molecule has 2 aromatic rings. The molecule has 0 aliphatic heterocycles. The van der Waals surface area contributed by atoms with Crippen LogP contribution < -0.4 is 5.32 Å². The van der Waals surface area contributed by atoms with E-state index >= 15 is 0 Å². The predicted octanol–water partition coefficient (Wildman–Crippen LogP) is 3.81. The lowest BCUT2D eigenvalue weighted by atomic mass is 10.1. The van der Waals surface area contributed by atoms with Crippen LogP contribution in [-0.4, -0.2) is 0 Å². The molecule has 0 radical (unpaired) electrons. The van der Waals surface area contributed by atoms with E-state index < -0.39 is 6.04 Å². The lowest BCUT2D eigenvalue weighted by Crippen LogP contribution is -2.09. The zero-order valence-corrected chi connectivity index (χ0v) is 10.0. The Balaban J connectivity index is 2.27. The van der Waals surface area contributed by atoms with Gasteiger partial charge >= 0.3 is 0 Å². The Morgan fingerprint density at radius 3 is 2.56 bits per heavy atom. The summed E-state index contributed by atoms with van der Waals surface area (Å²) in [6, 6.07) is 15.6. The van der Waals surface area contributed by atoms with Crippen molar-refractivity contribution in [1.29, 1.82) is 5.26 Å². The molecule has 90 valence electrons. The van der Waals surface area contributed by atoms with E-state index in [-0.39, 0.29) is 5.82 Å². The monoisotopic (exact) mass is 240 g/mol. The Morgan fingerprint density at radius 1 is 1.17 bits per heavy atom. The minimum atomic E-state index is -0.480. The van der Waals surface area contributed by atoms with Crippen molar-refractivity contribution >= 4 is 5.69 Å². The standard InChI is InChI=1S/C15H13FN2/c1-11-7-8-13(16)9-14(11)18-15(10-17)12-5-3-2-4-6-12/h2-9,15,18H,1H3. The van der Waals surface area contributed by atoms with Crippen LogP contribution in [-0.2, 0) is 0 Å². The molecular formula is C15H13FN2. The lowest BCUT2D eigenvalue weighted by molar-refractivity contribution is 0.627. The van der Waals surface area contributed by atoms with Crippen LogP contribution in [0.5, 0.6) is 0 Å². The van der Waals surface area contributed by atoms with Crippen LogP contribution in [0.25, 0.3) is 0 Å². The van der Waals surface area contributed by atoms with Crippen LogP contribution in [0.1, 0.15) is 17.2 Å². The Kier molecular flexibility index (Phi) is 3.59. The number of hydrogen-bond acceptors (Lipinski definition) is 2. The molecule has 18 heavy (non-hydrogen) atoms. The van der Waals surface area contributed by atoms with Gasteiger partial charge in [-0.15, -0.1) is 0 Å². The molecule has 0 heterocycles. The van der Waals surface area contributed by atoms with Crippen molar-refractivity contribution in [3.05, 3.63) is 65.5 Å². The SMILES string of the molecule is Cc1ccc(F)cc1NC(C#N)c1ccccc1. The van der Waals surface area contributed by atoms with Gasteiger partial charge in [-0.3, -0.25) is 0 Å². The van der Waals surface area contributed by atoms with Crippen molar-refractivity contribution in [3.63, 3.8) is 0 Å². The van der Waals surface area contributed by atoms with Crippen molar-refractivity contribution in [1.82, 2.24) is 0 Å². The Bertz CT molecular complexity index is 573. The minimum absolute atomic E-state index is 0.312. The second-order valence-corrected chi connectivity index (χ2v) is 4.08. The second kappa shape index (κ2) is 5.33. The van der Waals surface area contributed by atoms with Crippen LogP contribution in [0.15, 0.2) is 48.5 Å². The molecule has 3 heteroatoms. The molecule has 0 aliphatic rings. The number of hydrogen-bond donors (Lipinski definition) is 1. The van der Waals surface area contributed by atoms with Gasteiger partial charge in [0.05, 0.1) is 6.07 Å². The quantitative estimate of drug-likeness (QED) is 0.885. The number of anilines is 1. The maximum Gasteiger partial charge on any atom is 0.140 e. The van der Waals surface area contributed by atoms with Crippen LogP contribution in [0.4, 0.5) is 10.1 Å². The molecule has 1 unspecified atom stereocenters. The molecule has 1 atom stereocenters. The van der Waals surface area contributed by atoms with Gasteiger partial charge < -0.3 is 5.32 Å². The van der Waals surface area contributed by atoms with Crippen LogP contribution >= 0.6 is 0 Å². The van der Waals surface area contributed by atoms with Crippen molar-refractivity contribution in [3.8, 4) is 6.07 Å². The summed E-state index contributed by atoms with van der Waals surface area (Å²) in [7, 11) is 0. The normalized spacial score (nSPS) is 11.6. The van der Waals surface area contributed by atoms with Crippen LogP contribution in [0, 0.1) is 24.1 Å². The number of halogens is 1. The number of benzene rings is 2. The van der Waals surface area contributed by atoms with Crippen LogP contribution in [0.3, 0.4) is 0 Å². The topological polar surface area (TPSA) is 35.8 Å². The van der Waals surface area contributed by atoms with Crippen LogP contribution in [0.2, 0.25) is 0 Å². The summed E-state index contributed by atoms with van der Waals surface area (Å²) in [4.78, 5) is 0. The second-order valence-electron chi connectivity index (χ2n) is 4.08. The summed E-state index contributed by atoms with van der Waals surface area (Å²) < 4.78 is 13.2. The Hall–Kier alpha value is -2.34. The third-order valence-electron chi connectivity index (χ3n) is 2.76. The third kappa shape index (κ3) is 2.67. The average molecular weight is 240 g/mol. The highest BCUT2D eigenvalue weighted by Crippen LogP contribution is 2.22. The van der Waals surface area contributed by atoms with Gasteiger partial charge in [-0.25, -0.2) is 4.39 Å². The minimum Gasteiger partial charge on any atom is -0.366 e. The van der Waals surface area contributed by atoms with E-state index in [1.54, 1.807) is 6.07 Å². The largest absolute Gasteiger partial charge is 0.366 e. The first-order valence-electron chi connectivity index (χ1n) is 5.68. The van der Waals surface area contributed by atoms with Gasteiger partial charge in [0.2, 0.25) is 0 Å². The number of aryl methyl sites for hydroxylation is 1. The highest BCUT2D eigenvalue weighted by molar-refractivity contribution is 5.53. The number of nitriles is 1. The van der Waals surface area contributed by atoms with Gasteiger partial charge in [0, 0.05) is 5.69 Å². The van der Waals surface area contributed by atoms with Gasteiger partial charge in [0.1, 0.15) is 11.9 Å². The molecule has 0 spiro atoms. The van der Waals surface area contributed by atoms with Crippen molar-refractivity contribution in [2.75, 3.05) is 5.32 Å². The summed E-state index contributed by atoms with van der Waals surface area (Å²) >= 11 is 0. The maximum absolute atomic E-state index is 13.2. The molecule has 0 saturated carbocycles. The Labute approximate surface area is 106 Å². The van der Waals surface area contributed by atoms with Gasteiger partial charge in [0.25, 0.3) is 0 Å². The molecular weight excluding hydrogens is 227 g/mol. The van der Waals surface area contributed by atoms with Crippen molar-refractivity contribution in [2.45, 2.75) is 13.0 Å². The molecule has 0 bridgehead atoms. The number of nitrogens with zero attached hydrogens (tertiary/aromatic N) is 1. The average Bonchev–Trinajstić information content (AvgIpc) is 2.41. The summed E-state index contributed by atoms with van der Waals surface area (Å²) in [5.41, 5.74) is 2.42. The van der Waals surface area contributed by atoms with E-state index in [4.69, 9.17) is 0 Å². The van der Waals surface area contributed by atoms with E-state index in [1.807, 2.05) is 37.3 Å². The van der Waals surface area contributed by atoms with Crippen molar-refractivity contribution < 1.29 is 4.39 Å². The third-order valence-corrected chi connectivity index (χ3v) is 2.76. The first-order chi connectivity index (χ1) is 8.70. The molecule has 0 saturated heterocycles. The van der Waals surface area contributed by atoms with Gasteiger partial charge in [-0.1, -0.05) is 36.4 Å². The number of nitrogens with one attached hydrogen (secondary N) is 1. The smallest absolute Gasteiger partial charge is 0.140 e. The zero-order valence-electron chi connectivity index (χ0n) is 10.0. The summed E-state index contributed by atoms with van der Waals surface area (Å²) in [5.74, 6) is -0.312. The van der Waals surface area contributed by atoms with E-state index in [0.717, 1.165) is 11.1 Å².